The Kier molecular flexibility index (Phi) is 14.2. The molecule has 1 aliphatic heterocycles. The van der Waals surface area contributed by atoms with Crippen molar-refractivity contribution in [2.24, 2.45) is 0 Å². The van der Waals surface area contributed by atoms with E-state index in [-0.39, 0.29) is 12.4 Å². The summed E-state index contributed by atoms with van der Waals surface area (Å²) in [5.41, 5.74) is -2.75. The molecule has 1 unspecified atom stereocenters. The van der Waals surface area contributed by atoms with E-state index in [1.165, 1.54) is 32.2 Å². The fourth-order valence-corrected chi connectivity index (χ4v) is 7.19. The third-order valence-corrected chi connectivity index (χ3v) is 9.36. The van der Waals surface area contributed by atoms with Gasteiger partial charge in [0.1, 0.15) is 18.0 Å². The van der Waals surface area contributed by atoms with E-state index < -0.39 is 105 Å². The first-order chi connectivity index (χ1) is 25.9. The lowest BCUT2D eigenvalue weighted by atomic mass is 9.86. The fourth-order valence-electron chi connectivity index (χ4n) is 5.77. The van der Waals surface area contributed by atoms with Gasteiger partial charge in [-0.25, -0.2) is 14.2 Å². The van der Waals surface area contributed by atoms with Gasteiger partial charge in [0.2, 0.25) is 11.8 Å². The number of amides is 2. The molecule has 0 bridgehead atoms. The Morgan fingerprint density at radius 2 is 1.56 bits per heavy atom. The Bertz CT molecular complexity index is 1900. The van der Waals surface area contributed by atoms with E-state index >= 15 is 0 Å². The summed E-state index contributed by atoms with van der Waals surface area (Å²) in [7, 11) is -3.97. The number of rotatable bonds is 15. The van der Waals surface area contributed by atoms with Gasteiger partial charge in [-0.15, -0.1) is 0 Å². The minimum Gasteiger partial charge on any atom is -0.467 e. The van der Waals surface area contributed by atoms with Crippen molar-refractivity contribution in [1.82, 2.24) is 14.9 Å². The van der Waals surface area contributed by atoms with Crippen LogP contribution in [0.5, 0.6) is 0 Å². The Labute approximate surface area is 314 Å². The summed E-state index contributed by atoms with van der Waals surface area (Å²) >= 11 is 0. The van der Waals surface area contributed by atoms with E-state index in [2.05, 4.69) is 15.6 Å². The smallest absolute Gasteiger partial charge is 0.467 e. The highest BCUT2D eigenvalue weighted by Crippen LogP contribution is 2.56. The van der Waals surface area contributed by atoms with Gasteiger partial charge in [0, 0.05) is 47.2 Å². The summed E-state index contributed by atoms with van der Waals surface area (Å²) in [5, 5.41) is 4.96. The molecule has 2 aliphatic rings. The maximum atomic E-state index is 14.7. The third-order valence-electron chi connectivity index (χ3n) is 7.90. The molecule has 2 aromatic rings. The van der Waals surface area contributed by atoms with E-state index in [1.54, 1.807) is 30.3 Å². The Balaban J connectivity index is 1.73. The van der Waals surface area contributed by atoms with Crippen LogP contribution in [0.2, 0.25) is 0 Å². The lowest BCUT2D eigenvalue weighted by Gasteiger charge is -2.38. The molecule has 2 N–H and O–H groups in total. The second kappa shape index (κ2) is 18.4. The molecule has 298 valence electrons. The van der Waals surface area contributed by atoms with Gasteiger partial charge in [-0.2, -0.15) is 4.98 Å². The maximum absolute atomic E-state index is 14.7. The second-order valence-corrected chi connectivity index (χ2v) is 13.9. The van der Waals surface area contributed by atoms with E-state index in [1.807, 2.05) is 0 Å². The van der Waals surface area contributed by atoms with Gasteiger partial charge in [-0.1, -0.05) is 36.4 Å². The maximum Gasteiger partial charge on any atom is 0.476 e. The topological polar surface area (TPSA) is 252 Å². The highest BCUT2D eigenvalue weighted by atomic mass is 31.2. The molecule has 1 fully saturated rings. The van der Waals surface area contributed by atoms with Gasteiger partial charge >= 0.3 is 37.4 Å². The monoisotopic (exact) mass is 792 g/mol. The van der Waals surface area contributed by atoms with Crippen LogP contribution in [0.25, 0.3) is 0 Å². The average Bonchev–Trinajstić information content (AvgIpc) is 3.42. The van der Waals surface area contributed by atoms with E-state index in [0.717, 1.165) is 38.5 Å². The lowest BCUT2D eigenvalue weighted by molar-refractivity contribution is -0.166. The number of nitrogens with zero attached hydrogens (tertiary/aromatic N) is 2. The van der Waals surface area contributed by atoms with Crippen LogP contribution in [0, 0.1) is 0 Å². The Hall–Kier alpha value is -5.27. The first-order valence-electron chi connectivity index (χ1n) is 16.7. The number of benzene rings is 1. The first-order valence-corrected chi connectivity index (χ1v) is 18.1. The molecule has 1 aromatic carbocycles. The average molecular weight is 793 g/mol. The predicted octanol–water partition coefficient (Wildman–Crippen LogP) is 1.63. The van der Waals surface area contributed by atoms with Gasteiger partial charge in [-0.05, 0) is 17.7 Å². The standard InChI is InChI=1S/C34H41N4O16P/c1-19(39)35-25-12-14-34(32(44)47-6,16-26(25)50-21(3)41)54-55(46,48-17-24-10-8-7-9-11-24)49-18-27-29(51-22(4)42)30(52-23(5)43)31(53-27)38-15-13-28(36-20(2)40)37-33(38)45/h7-15,25-27,29-31H,16-18H2,1-6H3,(H,35,39)(H,36,37,40,45)/t25-,26+,27+,29+,30+,31+,34-,55?/m0/s1. The number of nitrogens with one attached hydrogen (secondary N) is 2. The van der Waals surface area contributed by atoms with Gasteiger partial charge in [-0.3, -0.25) is 42.1 Å². The predicted molar refractivity (Wildman–Crippen MR) is 185 cm³/mol. The normalized spacial score (nSPS) is 25.5. The molecule has 20 nitrogen and oxygen atoms in total. The molecular weight excluding hydrogens is 751 g/mol. The van der Waals surface area contributed by atoms with Crippen molar-refractivity contribution in [3.8, 4) is 0 Å². The van der Waals surface area contributed by atoms with Crippen molar-refractivity contribution in [2.75, 3.05) is 19.0 Å². The summed E-state index contributed by atoms with van der Waals surface area (Å²) in [4.78, 5) is 90.3. The van der Waals surface area contributed by atoms with Crippen LogP contribution in [0.15, 0.2) is 59.5 Å². The molecular formula is C34H41N4O16P. The molecule has 55 heavy (non-hydrogen) atoms. The van der Waals surface area contributed by atoms with Crippen LogP contribution in [-0.2, 0) is 77.2 Å². The van der Waals surface area contributed by atoms with Crippen molar-refractivity contribution < 1.29 is 70.6 Å². The number of phosphoric ester groups is 1. The van der Waals surface area contributed by atoms with Gasteiger partial charge < -0.3 is 34.3 Å². The van der Waals surface area contributed by atoms with Crippen molar-refractivity contribution in [1.29, 1.82) is 0 Å². The SMILES string of the molecule is COC(=O)[C@]1(OP(=O)(OCc2ccccc2)OC[C@H]2O[C@@H](n3ccc(NC(C)=O)nc3=O)[C@H](OC(C)=O)[C@@H]2OC(C)=O)C=C[C@H](NC(C)=O)[C@H](OC(C)=O)C1. The summed E-state index contributed by atoms with van der Waals surface area (Å²) < 4.78 is 60.5. The molecule has 2 amide bonds. The first kappa shape index (κ1) is 42.5. The largest absolute Gasteiger partial charge is 0.476 e. The zero-order valence-corrected chi connectivity index (χ0v) is 31.5. The van der Waals surface area contributed by atoms with Crippen LogP contribution < -0.4 is 16.3 Å². The number of hydrogen-bond acceptors (Lipinski definition) is 17. The van der Waals surface area contributed by atoms with Gasteiger partial charge in [0.15, 0.2) is 24.0 Å². The van der Waals surface area contributed by atoms with Crippen LogP contribution in [0.4, 0.5) is 5.82 Å². The van der Waals surface area contributed by atoms with E-state index in [4.69, 9.17) is 37.3 Å². The summed E-state index contributed by atoms with van der Waals surface area (Å²) in [6.07, 6.45) is -4.06. The Morgan fingerprint density at radius 1 is 0.909 bits per heavy atom. The minimum atomic E-state index is -5.00. The highest BCUT2D eigenvalue weighted by molar-refractivity contribution is 7.48. The molecule has 2 heterocycles. The van der Waals surface area contributed by atoms with Crippen LogP contribution in [0.1, 0.15) is 52.8 Å². The number of anilines is 1. The molecule has 4 rings (SSSR count). The number of carbonyl (C=O) groups is 6. The zero-order chi connectivity index (χ0) is 40.5. The molecule has 1 aromatic heterocycles. The van der Waals surface area contributed by atoms with Gasteiger partial charge in [0.25, 0.3) is 0 Å². The highest BCUT2D eigenvalue weighted by Gasteiger charge is 2.54. The van der Waals surface area contributed by atoms with E-state index in [0.29, 0.717) is 5.56 Å². The quantitative estimate of drug-likeness (QED) is 0.112. The lowest BCUT2D eigenvalue weighted by Crippen LogP contribution is -2.54. The molecule has 0 saturated carbocycles. The number of aromatic nitrogens is 2. The van der Waals surface area contributed by atoms with E-state index in [9.17, 15) is 38.1 Å². The summed E-state index contributed by atoms with van der Waals surface area (Å²) in [6.45, 7) is 4.49. The van der Waals surface area contributed by atoms with Crippen molar-refractivity contribution in [3.05, 3.63) is 70.8 Å². The second-order valence-electron chi connectivity index (χ2n) is 12.3. The summed E-state index contributed by atoms with van der Waals surface area (Å²) in [6, 6.07) is 8.72. The van der Waals surface area contributed by atoms with Crippen LogP contribution >= 0.6 is 7.82 Å². The minimum absolute atomic E-state index is 0.0866. The number of esters is 4. The summed E-state index contributed by atoms with van der Waals surface area (Å²) in [5.74, 6) is -4.64. The fraction of sp³-hybridized carbons (Fsp3) is 0.471. The zero-order valence-electron chi connectivity index (χ0n) is 30.7. The molecule has 1 saturated heterocycles. The molecule has 21 heteroatoms. The number of phosphoric acid groups is 1. The molecule has 0 radical (unpaired) electrons. The number of carbonyl (C=O) groups excluding carboxylic acids is 6. The van der Waals surface area contributed by atoms with Crippen molar-refractivity contribution in [2.45, 2.75) is 89.9 Å². The number of hydrogen-bond donors (Lipinski definition) is 2. The number of methoxy groups -OCH3 is 1. The molecule has 1 aliphatic carbocycles. The van der Waals surface area contributed by atoms with Gasteiger partial charge in [0.05, 0.1) is 26.4 Å². The number of ether oxygens (including phenoxy) is 5. The molecule has 8 atom stereocenters. The van der Waals surface area contributed by atoms with Crippen LogP contribution in [-0.4, -0.2) is 95.0 Å². The Morgan fingerprint density at radius 3 is 2.15 bits per heavy atom. The third kappa shape index (κ3) is 11.4. The molecule has 0 spiro atoms. The van der Waals surface area contributed by atoms with Crippen LogP contribution in [0.3, 0.4) is 0 Å². The van der Waals surface area contributed by atoms with Crippen molar-refractivity contribution >= 4 is 49.3 Å². The van der Waals surface area contributed by atoms with Crippen molar-refractivity contribution in [3.63, 3.8) is 0 Å².